The Kier molecular flexibility index (Phi) is 12.6. The Bertz CT molecular complexity index is 2070. The van der Waals surface area contributed by atoms with Crippen molar-refractivity contribution < 1.29 is 22.8 Å². The number of alkyl halides is 3. The Labute approximate surface area is 331 Å². The van der Waals surface area contributed by atoms with Crippen LogP contribution in [0.25, 0.3) is 6.08 Å². The summed E-state index contributed by atoms with van der Waals surface area (Å²) in [4.78, 5) is 48.5. The zero-order chi connectivity index (χ0) is 39.6. The van der Waals surface area contributed by atoms with E-state index in [0.29, 0.717) is 31.7 Å². The molecule has 2 aliphatic rings. The molecule has 0 radical (unpaired) electrons. The van der Waals surface area contributed by atoms with Gasteiger partial charge in [-0.2, -0.15) is 13.2 Å². The van der Waals surface area contributed by atoms with Crippen molar-refractivity contribution in [2.45, 2.75) is 31.7 Å². The number of carbonyl (C=O) groups excluding carboxylic acids is 2. The van der Waals surface area contributed by atoms with Crippen LogP contribution in [-0.4, -0.2) is 94.9 Å². The van der Waals surface area contributed by atoms with Crippen molar-refractivity contribution in [2.75, 3.05) is 62.2 Å². The molecule has 5 aromatic rings. The number of anilines is 2. The molecule has 0 N–H and O–H groups in total. The van der Waals surface area contributed by atoms with E-state index in [9.17, 15) is 22.8 Å². The summed E-state index contributed by atoms with van der Waals surface area (Å²) in [6, 6.07) is 33.5. The first kappa shape index (κ1) is 39.2. The second-order valence-electron chi connectivity index (χ2n) is 14.4. The van der Waals surface area contributed by atoms with Crippen molar-refractivity contribution in [3.8, 4) is 0 Å². The van der Waals surface area contributed by atoms with E-state index in [4.69, 9.17) is 4.98 Å². The van der Waals surface area contributed by atoms with Gasteiger partial charge in [-0.15, -0.1) is 0 Å². The smallest absolute Gasteiger partial charge is 0.353 e. The predicted molar refractivity (Wildman–Crippen MR) is 216 cm³/mol. The van der Waals surface area contributed by atoms with Crippen molar-refractivity contribution in [2.24, 2.45) is 0 Å². The molecule has 294 valence electrons. The van der Waals surface area contributed by atoms with E-state index < -0.39 is 23.7 Å². The van der Waals surface area contributed by atoms with Crippen LogP contribution >= 0.6 is 0 Å². The molecule has 0 aliphatic carbocycles. The van der Waals surface area contributed by atoms with Crippen LogP contribution in [0, 0.1) is 0 Å². The van der Waals surface area contributed by atoms with Crippen LogP contribution in [-0.2, 0) is 35.3 Å². The highest BCUT2D eigenvalue weighted by molar-refractivity contribution is 5.95. The second kappa shape index (κ2) is 18.3. The Morgan fingerprint density at radius 3 is 1.86 bits per heavy atom. The minimum absolute atomic E-state index is 0.105. The van der Waals surface area contributed by atoms with E-state index in [-0.39, 0.29) is 18.9 Å². The van der Waals surface area contributed by atoms with Gasteiger partial charge in [0.15, 0.2) is 0 Å². The molecule has 2 amide bonds. The first-order valence-electron chi connectivity index (χ1n) is 19.3. The largest absolute Gasteiger partial charge is 0.416 e. The number of rotatable bonds is 12. The second-order valence-corrected chi connectivity index (χ2v) is 14.4. The fourth-order valence-electron chi connectivity index (χ4n) is 7.33. The van der Waals surface area contributed by atoms with E-state index in [2.05, 4.69) is 31.8 Å². The summed E-state index contributed by atoms with van der Waals surface area (Å²) in [6.07, 6.45) is 2.21. The summed E-state index contributed by atoms with van der Waals surface area (Å²) >= 11 is 0. The molecule has 57 heavy (non-hydrogen) atoms. The van der Waals surface area contributed by atoms with Gasteiger partial charge >= 0.3 is 6.18 Å². The standard InChI is InChI=1S/C45H46F3N7O2/c46-45(47,48)39-18-14-35(15-19-39)17-21-43(56)55(34-38-16-20-42(50-32-38)53-29-27-52(28-30-53)41-13-7-8-22-49-41)40(31-36-9-3-1-4-10-36)44(57)54-25-23-51(24-26-54)33-37-11-5-2-6-12-37/h1-22,32,40H,23-31,33-34H2/b21-17+/t40-/m0/s1. The Morgan fingerprint density at radius 2 is 1.28 bits per heavy atom. The monoisotopic (exact) mass is 773 g/mol. The molecule has 0 saturated carbocycles. The van der Waals surface area contributed by atoms with Gasteiger partial charge in [0.2, 0.25) is 11.8 Å². The quantitative estimate of drug-likeness (QED) is 0.129. The van der Waals surface area contributed by atoms with Crippen molar-refractivity contribution in [3.05, 3.63) is 162 Å². The number of halogens is 3. The summed E-state index contributed by atoms with van der Waals surface area (Å²) < 4.78 is 39.7. The van der Waals surface area contributed by atoms with Gasteiger partial charge in [0.05, 0.1) is 5.56 Å². The van der Waals surface area contributed by atoms with Gasteiger partial charge in [-0.25, -0.2) is 9.97 Å². The van der Waals surface area contributed by atoms with Gasteiger partial charge in [0, 0.05) is 90.3 Å². The lowest BCUT2D eigenvalue weighted by Gasteiger charge is -2.39. The van der Waals surface area contributed by atoms with Crippen molar-refractivity contribution in [1.82, 2.24) is 24.7 Å². The normalized spacial score (nSPS) is 15.8. The average molecular weight is 774 g/mol. The lowest BCUT2D eigenvalue weighted by Crippen LogP contribution is -2.56. The van der Waals surface area contributed by atoms with Gasteiger partial charge in [0.25, 0.3) is 0 Å². The van der Waals surface area contributed by atoms with E-state index in [1.807, 2.05) is 83.8 Å². The highest BCUT2D eigenvalue weighted by Gasteiger charge is 2.34. The number of hydrogen-bond donors (Lipinski definition) is 0. The minimum atomic E-state index is -4.47. The average Bonchev–Trinajstić information content (AvgIpc) is 3.25. The summed E-state index contributed by atoms with van der Waals surface area (Å²) in [6.45, 7) is 6.48. The minimum Gasteiger partial charge on any atom is -0.353 e. The summed E-state index contributed by atoms with van der Waals surface area (Å²) in [7, 11) is 0. The molecule has 3 aromatic carbocycles. The molecule has 12 heteroatoms. The van der Waals surface area contributed by atoms with Crippen LogP contribution in [0.5, 0.6) is 0 Å². The van der Waals surface area contributed by atoms with Gasteiger partial charge in [-0.05, 0) is 58.7 Å². The Balaban J connectivity index is 1.12. The summed E-state index contributed by atoms with van der Waals surface area (Å²) in [5, 5.41) is 0. The van der Waals surface area contributed by atoms with E-state index >= 15 is 0 Å². The van der Waals surface area contributed by atoms with Crippen molar-refractivity contribution >= 4 is 29.5 Å². The Hall–Kier alpha value is -6.01. The number of pyridine rings is 2. The molecule has 9 nitrogen and oxygen atoms in total. The lowest BCUT2D eigenvalue weighted by molar-refractivity contribution is -0.145. The summed E-state index contributed by atoms with van der Waals surface area (Å²) in [5.74, 6) is 1.20. The fraction of sp³-hybridized carbons (Fsp3) is 0.289. The van der Waals surface area contributed by atoms with Gasteiger partial charge in [-0.3, -0.25) is 14.5 Å². The maximum absolute atomic E-state index is 14.7. The van der Waals surface area contributed by atoms with Crippen molar-refractivity contribution in [1.29, 1.82) is 0 Å². The molecular formula is C45H46F3N7O2. The fourth-order valence-corrected chi connectivity index (χ4v) is 7.33. The highest BCUT2D eigenvalue weighted by Crippen LogP contribution is 2.29. The number of hydrogen-bond acceptors (Lipinski definition) is 7. The summed E-state index contributed by atoms with van der Waals surface area (Å²) in [5.41, 5.74) is 2.53. The molecule has 2 aromatic heterocycles. The predicted octanol–water partition coefficient (Wildman–Crippen LogP) is 6.82. The number of benzene rings is 3. The van der Waals surface area contributed by atoms with Crippen LogP contribution in [0.15, 0.2) is 134 Å². The van der Waals surface area contributed by atoms with Gasteiger partial charge < -0.3 is 19.6 Å². The molecule has 0 spiro atoms. The van der Waals surface area contributed by atoms with Crippen LogP contribution < -0.4 is 9.80 Å². The van der Waals surface area contributed by atoms with Crippen LogP contribution in [0.2, 0.25) is 0 Å². The number of amides is 2. The number of nitrogens with zero attached hydrogens (tertiary/aromatic N) is 7. The van der Waals surface area contributed by atoms with E-state index in [1.54, 1.807) is 17.3 Å². The highest BCUT2D eigenvalue weighted by atomic mass is 19.4. The first-order chi connectivity index (χ1) is 27.7. The van der Waals surface area contributed by atoms with Crippen LogP contribution in [0.1, 0.15) is 27.8 Å². The number of aromatic nitrogens is 2. The zero-order valence-electron chi connectivity index (χ0n) is 31.7. The lowest BCUT2D eigenvalue weighted by atomic mass is 10.0. The first-order valence-corrected chi connectivity index (χ1v) is 19.3. The molecule has 1 atom stereocenters. The van der Waals surface area contributed by atoms with Gasteiger partial charge in [0.1, 0.15) is 17.7 Å². The number of piperazine rings is 2. The maximum atomic E-state index is 14.7. The third kappa shape index (κ3) is 10.4. The van der Waals surface area contributed by atoms with E-state index in [1.165, 1.54) is 29.8 Å². The van der Waals surface area contributed by atoms with E-state index in [0.717, 1.165) is 67.6 Å². The Morgan fingerprint density at radius 1 is 0.667 bits per heavy atom. The SMILES string of the molecule is O=C([C@H](Cc1ccccc1)N(Cc1ccc(N2CCN(c3ccccn3)CC2)nc1)C(=O)/C=C/c1ccc(C(F)(F)F)cc1)N1CCN(Cc2ccccc2)CC1. The maximum Gasteiger partial charge on any atom is 0.416 e. The molecule has 2 fully saturated rings. The molecule has 7 rings (SSSR count). The van der Waals surface area contributed by atoms with Gasteiger partial charge in [-0.1, -0.05) is 84.9 Å². The topological polar surface area (TPSA) is 76.1 Å². The molecular weight excluding hydrogens is 728 g/mol. The van der Waals surface area contributed by atoms with Crippen molar-refractivity contribution in [3.63, 3.8) is 0 Å². The number of carbonyl (C=O) groups is 2. The molecule has 2 aliphatic heterocycles. The molecule has 2 saturated heterocycles. The third-order valence-corrected chi connectivity index (χ3v) is 10.5. The zero-order valence-corrected chi connectivity index (χ0v) is 31.7. The van der Waals surface area contributed by atoms with Crippen LogP contribution in [0.4, 0.5) is 24.8 Å². The molecule has 0 unspecified atom stereocenters. The molecule has 0 bridgehead atoms. The van der Waals surface area contributed by atoms with Crippen LogP contribution in [0.3, 0.4) is 0 Å². The molecule has 4 heterocycles. The third-order valence-electron chi connectivity index (χ3n) is 10.5.